The zero-order valence-corrected chi connectivity index (χ0v) is 17.7. The lowest BCUT2D eigenvalue weighted by Crippen LogP contribution is -2.20. The maximum absolute atomic E-state index is 13.4. The molecule has 0 aliphatic carbocycles. The molecular formula is C22H25F3N4O2. The van der Waals surface area contributed by atoms with Crippen molar-refractivity contribution in [3.05, 3.63) is 58.5 Å². The molecule has 166 valence electrons. The molecule has 1 saturated heterocycles. The van der Waals surface area contributed by atoms with E-state index in [1.807, 2.05) is 12.1 Å². The molecule has 1 fully saturated rings. The van der Waals surface area contributed by atoms with Crippen LogP contribution in [0.15, 0.2) is 30.3 Å². The van der Waals surface area contributed by atoms with Crippen molar-refractivity contribution in [1.82, 2.24) is 19.5 Å². The molecule has 6 nitrogen and oxygen atoms in total. The van der Waals surface area contributed by atoms with Crippen LogP contribution in [0.5, 0.6) is 5.75 Å². The topological polar surface area (TPSA) is 51.9 Å². The van der Waals surface area contributed by atoms with E-state index in [-0.39, 0.29) is 11.6 Å². The molecule has 1 aromatic carbocycles. The van der Waals surface area contributed by atoms with E-state index in [4.69, 9.17) is 9.47 Å². The minimum absolute atomic E-state index is 0.0521. The van der Waals surface area contributed by atoms with Crippen LogP contribution in [0.25, 0.3) is 5.65 Å². The standard InChI is InChI=1S/C22H25F3N4O2/c1-14-8-20(22(23,24)25)29-21(26-14)10-18(27-29)16-6-7-28(11-16)12-17-9-15(13-30-2)4-5-19(17)31-3/h4-5,8-10,16H,6-7,11-13H2,1-3H3/t16-/m0/s1. The number of halogens is 3. The number of alkyl halides is 3. The lowest BCUT2D eigenvalue weighted by atomic mass is 10.1. The van der Waals surface area contributed by atoms with Crippen molar-refractivity contribution in [2.75, 3.05) is 27.3 Å². The second kappa shape index (κ2) is 8.47. The fraction of sp³-hybridized carbons (Fsp3) is 0.455. The Kier molecular flexibility index (Phi) is 5.90. The van der Waals surface area contributed by atoms with E-state index < -0.39 is 11.9 Å². The number of aromatic nitrogens is 3. The quantitative estimate of drug-likeness (QED) is 0.582. The van der Waals surface area contributed by atoms with E-state index in [2.05, 4.69) is 21.0 Å². The Bertz CT molecular complexity index is 1080. The summed E-state index contributed by atoms with van der Waals surface area (Å²) in [7, 11) is 3.30. The van der Waals surface area contributed by atoms with Gasteiger partial charge in [0.2, 0.25) is 0 Å². The molecule has 0 amide bonds. The summed E-state index contributed by atoms with van der Waals surface area (Å²) in [6, 6.07) is 8.69. The Labute approximate surface area is 178 Å². The van der Waals surface area contributed by atoms with Gasteiger partial charge >= 0.3 is 6.18 Å². The molecule has 3 aromatic rings. The van der Waals surface area contributed by atoms with Gasteiger partial charge in [-0.15, -0.1) is 0 Å². The summed E-state index contributed by atoms with van der Waals surface area (Å²) >= 11 is 0. The van der Waals surface area contributed by atoms with Crippen LogP contribution in [0.2, 0.25) is 0 Å². The molecule has 31 heavy (non-hydrogen) atoms. The summed E-state index contributed by atoms with van der Waals surface area (Å²) in [6.07, 6.45) is -3.66. The monoisotopic (exact) mass is 434 g/mol. The van der Waals surface area contributed by atoms with Gasteiger partial charge in [-0.2, -0.15) is 18.3 Å². The molecule has 0 saturated carbocycles. The van der Waals surface area contributed by atoms with Crippen molar-refractivity contribution in [3.63, 3.8) is 0 Å². The zero-order chi connectivity index (χ0) is 22.2. The Morgan fingerprint density at radius 1 is 1.16 bits per heavy atom. The second-order valence-electron chi connectivity index (χ2n) is 7.92. The number of hydrogen-bond acceptors (Lipinski definition) is 5. The molecule has 1 aliphatic heterocycles. The SMILES string of the molecule is COCc1ccc(OC)c(CN2CC[C@H](c3cc4nc(C)cc(C(F)(F)F)n4n3)C2)c1. The summed E-state index contributed by atoms with van der Waals surface area (Å²) in [5.74, 6) is 0.863. The van der Waals surface area contributed by atoms with E-state index in [1.54, 1.807) is 27.2 Å². The first kappa shape index (κ1) is 21.6. The highest BCUT2D eigenvalue weighted by Gasteiger charge is 2.35. The molecule has 0 bridgehead atoms. The van der Waals surface area contributed by atoms with Crippen LogP contribution in [0.4, 0.5) is 13.2 Å². The Balaban J connectivity index is 1.54. The number of fused-ring (bicyclic) bond motifs is 1. The van der Waals surface area contributed by atoms with Gasteiger partial charge in [-0.25, -0.2) is 9.50 Å². The molecule has 1 atom stereocenters. The highest BCUT2D eigenvalue weighted by Crippen LogP contribution is 2.33. The first-order valence-electron chi connectivity index (χ1n) is 10.1. The van der Waals surface area contributed by atoms with Crippen LogP contribution in [-0.2, 0) is 24.1 Å². The number of ether oxygens (including phenoxy) is 2. The van der Waals surface area contributed by atoms with Crippen LogP contribution >= 0.6 is 0 Å². The first-order chi connectivity index (χ1) is 14.8. The normalized spacial score (nSPS) is 17.5. The molecule has 0 spiro atoms. The predicted octanol–water partition coefficient (Wildman–Crippen LogP) is 4.20. The number of aryl methyl sites for hydroxylation is 1. The fourth-order valence-corrected chi connectivity index (χ4v) is 4.19. The minimum atomic E-state index is -4.49. The highest BCUT2D eigenvalue weighted by atomic mass is 19.4. The highest BCUT2D eigenvalue weighted by molar-refractivity contribution is 5.43. The van der Waals surface area contributed by atoms with Crippen molar-refractivity contribution < 1.29 is 22.6 Å². The van der Waals surface area contributed by atoms with Gasteiger partial charge in [0.1, 0.15) is 11.4 Å². The third kappa shape index (κ3) is 4.52. The first-order valence-corrected chi connectivity index (χ1v) is 10.1. The number of benzene rings is 1. The number of methoxy groups -OCH3 is 2. The summed E-state index contributed by atoms with van der Waals surface area (Å²) in [5, 5.41) is 4.28. The smallest absolute Gasteiger partial charge is 0.433 e. The average molecular weight is 434 g/mol. The number of rotatable bonds is 6. The van der Waals surface area contributed by atoms with Crippen molar-refractivity contribution in [2.24, 2.45) is 0 Å². The Morgan fingerprint density at radius 2 is 1.97 bits per heavy atom. The molecule has 2 aromatic heterocycles. The minimum Gasteiger partial charge on any atom is -0.496 e. The summed E-state index contributed by atoms with van der Waals surface area (Å²) in [4.78, 5) is 6.51. The predicted molar refractivity (Wildman–Crippen MR) is 109 cm³/mol. The summed E-state index contributed by atoms with van der Waals surface area (Å²) in [5.41, 5.74) is 2.53. The largest absolute Gasteiger partial charge is 0.496 e. The molecule has 0 N–H and O–H groups in total. The van der Waals surface area contributed by atoms with E-state index in [9.17, 15) is 13.2 Å². The van der Waals surface area contributed by atoms with Crippen molar-refractivity contribution in [2.45, 2.75) is 38.6 Å². The van der Waals surface area contributed by atoms with Crippen LogP contribution in [0.1, 0.15) is 40.5 Å². The maximum Gasteiger partial charge on any atom is 0.433 e. The van der Waals surface area contributed by atoms with Gasteiger partial charge in [-0.05, 0) is 43.7 Å². The molecule has 1 aliphatic rings. The molecule has 4 rings (SSSR count). The van der Waals surface area contributed by atoms with E-state index in [1.165, 1.54) is 0 Å². The third-order valence-electron chi connectivity index (χ3n) is 5.61. The van der Waals surface area contributed by atoms with Crippen molar-refractivity contribution in [1.29, 1.82) is 0 Å². The third-order valence-corrected chi connectivity index (χ3v) is 5.61. The Hall–Kier alpha value is -2.65. The fourth-order valence-electron chi connectivity index (χ4n) is 4.19. The maximum atomic E-state index is 13.4. The van der Waals surface area contributed by atoms with E-state index in [0.717, 1.165) is 40.4 Å². The van der Waals surface area contributed by atoms with Crippen LogP contribution in [-0.4, -0.2) is 46.8 Å². The van der Waals surface area contributed by atoms with Gasteiger partial charge in [0, 0.05) is 43.4 Å². The van der Waals surface area contributed by atoms with Crippen molar-refractivity contribution >= 4 is 5.65 Å². The van der Waals surface area contributed by atoms with E-state index >= 15 is 0 Å². The van der Waals surface area contributed by atoms with Gasteiger partial charge in [-0.1, -0.05) is 6.07 Å². The van der Waals surface area contributed by atoms with Crippen molar-refractivity contribution in [3.8, 4) is 5.75 Å². The van der Waals surface area contributed by atoms with Crippen LogP contribution in [0, 0.1) is 6.92 Å². The second-order valence-corrected chi connectivity index (χ2v) is 7.92. The summed E-state index contributed by atoms with van der Waals surface area (Å²) < 4.78 is 51.9. The lowest BCUT2D eigenvalue weighted by Gasteiger charge is -2.18. The summed E-state index contributed by atoms with van der Waals surface area (Å²) in [6.45, 7) is 4.31. The zero-order valence-electron chi connectivity index (χ0n) is 17.7. The lowest BCUT2D eigenvalue weighted by molar-refractivity contribution is -0.142. The number of likely N-dealkylation sites (tertiary alicyclic amines) is 1. The van der Waals surface area contributed by atoms with Gasteiger partial charge in [0.25, 0.3) is 0 Å². The van der Waals surface area contributed by atoms with Gasteiger partial charge in [0.05, 0.1) is 19.4 Å². The molecule has 0 radical (unpaired) electrons. The molecule has 9 heteroatoms. The molecular weight excluding hydrogens is 409 g/mol. The van der Waals surface area contributed by atoms with Gasteiger partial charge in [0.15, 0.2) is 5.65 Å². The van der Waals surface area contributed by atoms with Crippen LogP contribution in [0.3, 0.4) is 0 Å². The molecule has 3 heterocycles. The van der Waals surface area contributed by atoms with Crippen LogP contribution < -0.4 is 4.74 Å². The van der Waals surface area contributed by atoms with E-state index in [0.29, 0.717) is 31.1 Å². The van der Waals surface area contributed by atoms with Gasteiger partial charge < -0.3 is 9.47 Å². The van der Waals surface area contributed by atoms with Gasteiger partial charge in [-0.3, -0.25) is 4.90 Å². The Morgan fingerprint density at radius 3 is 2.68 bits per heavy atom. The average Bonchev–Trinajstić information content (AvgIpc) is 3.34. The number of nitrogens with zero attached hydrogens (tertiary/aromatic N) is 4. The molecule has 0 unspecified atom stereocenters. The number of hydrogen-bond donors (Lipinski definition) is 0.